The second kappa shape index (κ2) is 6.54. The van der Waals surface area contributed by atoms with Crippen LogP contribution in [-0.4, -0.2) is 46.8 Å². The van der Waals surface area contributed by atoms with Crippen molar-refractivity contribution in [3.63, 3.8) is 0 Å². The Hall–Kier alpha value is -1.14. The van der Waals surface area contributed by atoms with Gasteiger partial charge in [-0.2, -0.15) is 0 Å². The number of carbonyl (C=O) groups is 2. The van der Waals surface area contributed by atoms with Crippen LogP contribution in [0.3, 0.4) is 0 Å². The predicted octanol–water partition coefficient (Wildman–Crippen LogP) is 0.251. The molecular weight excluding hydrogens is 260 g/mol. The Bertz CT molecular complexity index is 360. The van der Waals surface area contributed by atoms with E-state index in [-0.39, 0.29) is 11.8 Å². The molecule has 0 aromatic heterocycles. The first kappa shape index (κ1) is 15.3. The van der Waals surface area contributed by atoms with Crippen molar-refractivity contribution >= 4 is 11.9 Å². The van der Waals surface area contributed by atoms with Crippen molar-refractivity contribution in [2.24, 2.45) is 5.92 Å². The average molecular weight is 284 g/mol. The lowest BCUT2D eigenvalue weighted by atomic mass is 9.79. The Labute approximate surface area is 118 Å². The van der Waals surface area contributed by atoms with Gasteiger partial charge in [0.1, 0.15) is 0 Å². The van der Waals surface area contributed by atoms with Gasteiger partial charge in [0, 0.05) is 25.6 Å². The maximum atomic E-state index is 11.5. The quantitative estimate of drug-likeness (QED) is 0.502. The minimum atomic E-state index is -0.821. The summed E-state index contributed by atoms with van der Waals surface area (Å²) in [6.45, 7) is 0.971. The Morgan fingerprint density at radius 1 is 1.15 bits per heavy atom. The zero-order valence-corrected chi connectivity index (χ0v) is 11.7. The van der Waals surface area contributed by atoms with Crippen LogP contribution in [-0.2, 0) is 9.59 Å². The number of carboxylic acids is 1. The standard InChI is InChI=1S/C14H24N2O4/c17-12(16-11-1-2-11)5-8-15-9-14(20)6-3-10(4-7-14)13(18)19/h10-11,15,20H,1-9H2,(H,16,17)(H,18,19). The van der Waals surface area contributed by atoms with Gasteiger partial charge in [-0.05, 0) is 38.5 Å². The Kier molecular flexibility index (Phi) is 4.99. The summed E-state index contributed by atoms with van der Waals surface area (Å²) in [5.74, 6) is -1.03. The number of carbonyl (C=O) groups excluding carboxylic acids is 1. The highest BCUT2D eigenvalue weighted by molar-refractivity contribution is 5.76. The highest BCUT2D eigenvalue weighted by atomic mass is 16.4. The lowest BCUT2D eigenvalue weighted by Gasteiger charge is -2.34. The highest BCUT2D eigenvalue weighted by Gasteiger charge is 2.35. The fraction of sp³-hybridized carbons (Fsp3) is 0.857. The van der Waals surface area contributed by atoms with E-state index in [0.717, 1.165) is 12.8 Å². The summed E-state index contributed by atoms with van der Waals surface area (Å²) in [6.07, 6.45) is 4.65. The van der Waals surface area contributed by atoms with E-state index < -0.39 is 11.6 Å². The first-order valence-corrected chi connectivity index (χ1v) is 7.44. The first-order valence-electron chi connectivity index (χ1n) is 7.44. The summed E-state index contributed by atoms with van der Waals surface area (Å²) in [5, 5.41) is 25.3. The van der Waals surface area contributed by atoms with E-state index >= 15 is 0 Å². The van der Waals surface area contributed by atoms with Crippen LogP contribution in [0.5, 0.6) is 0 Å². The zero-order chi connectivity index (χ0) is 14.6. The monoisotopic (exact) mass is 284 g/mol. The summed E-state index contributed by atoms with van der Waals surface area (Å²) < 4.78 is 0. The molecule has 0 heterocycles. The molecule has 0 saturated heterocycles. The molecule has 0 bridgehead atoms. The van der Waals surface area contributed by atoms with Crippen LogP contribution in [0.1, 0.15) is 44.9 Å². The van der Waals surface area contributed by atoms with Gasteiger partial charge in [0.25, 0.3) is 0 Å². The fourth-order valence-electron chi connectivity index (χ4n) is 2.63. The lowest BCUT2D eigenvalue weighted by molar-refractivity contribution is -0.144. The highest BCUT2D eigenvalue weighted by Crippen LogP contribution is 2.31. The van der Waals surface area contributed by atoms with Crippen LogP contribution in [0.15, 0.2) is 0 Å². The van der Waals surface area contributed by atoms with Gasteiger partial charge in [-0.3, -0.25) is 9.59 Å². The molecule has 2 aliphatic carbocycles. The third-order valence-electron chi connectivity index (χ3n) is 4.19. The van der Waals surface area contributed by atoms with Gasteiger partial charge in [0.2, 0.25) is 5.91 Å². The van der Waals surface area contributed by atoms with Crippen LogP contribution in [0, 0.1) is 5.92 Å². The number of aliphatic carboxylic acids is 1. The molecule has 0 atom stereocenters. The van der Waals surface area contributed by atoms with Crippen LogP contribution < -0.4 is 10.6 Å². The maximum absolute atomic E-state index is 11.5. The van der Waals surface area contributed by atoms with Gasteiger partial charge in [-0.15, -0.1) is 0 Å². The molecule has 1 amide bonds. The summed E-state index contributed by atoms with van der Waals surface area (Å²) in [7, 11) is 0. The minimum absolute atomic E-state index is 0.0570. The number of carboxylic acid groups (broad SMARTS) is 1. The molecule has 20 heavy (non-hydrogen) atoms. The number of nitrogens with one attached hydrogen (secondary N) is 2. The van der Waals surface area contributed by atoms with E-state index in [1.807, 2.05) is 0 Å². The van der Waals surface area contributed by atoms with Crippen LogP contribution in [0.25, 0.3) is 0 Å². The normalized spacial score (nSPS) is 29.9. The second-order valence-electron chi connectivity index (χ2n) is 6.11. The van der Waals surface area contributed by atoms with Crippen LogP contribution in [0.2, 0.25) is 0 Å². The van der Waals surface area contributed by atoms with Crippen molar-refractivity contribution < 1.29 is 19.8 Å². The molecule has 4 N–H and O–H groups in total. The molecule has 0 aromatic carbocycles. The van der Waals surface area contributed by atoms with Gasteiger partial charge in [0.05, 0.1) is 11.5 Å². The Morgan fingerprint density at radius 2 is 1.80 bits per heavy atom. The van der Waals surface area contributed by atoms with E-state index in [2.05, 4.69) is 10.6 Å². The topological polar surface area (TPSA) is 98.7 Å². The third-order valence-corrected chi connectivity index (χ3v) is 4.19. The summed E-state index contributed by atoms with van der Waals surface area (Å²) >= 11 is 0. The molecule has 0 spiro atoms. The molecular formula is C14H24N2O4. The van der Waals surface area contributed by atoms with Gasteiger partial charge in [0.15, 0.2) is 0 Å². The molecule has 2 aliphatic rings. The summed E-state index contributed by atoms with van der Waals surface area (Å²) in [5.41, 5.74) is -0.821. The van der Waals surface area contributed by atoms with E-state index in [9.17, 15) is 14.7 Å². The summed E-state index contributed by atoms with van der Waals surface area (Å²) in [6, 6.07) is 0.387. The van der Waals surface area contributed by atoms with Gasteiger partial charge >= 0.3 is 5.97 Å². The van der Waals surface area contributed by atoms with Crippen molar-refractivity contribution in [1.82, 2.24) is 10.6 Å². The fourth-order valence-corrected chi connectivity index (χ4v) is 2.63. The molecule has 6 heteroatoms. The van der Waals surface area contributed by atoms with Crippen LogP contribution >= 0.6 is 0 Å². The van der Waals surface area contributed by atoms with Crippen molar-refractivity contribution in [2.75, 3.05) is 13.1 Å². The van der Waals surface area contributed by atoms with Crippen molar-refractivity contribution in [1.29, 1.82) is 0 Å². The number of amides is 1. The molecule has 114 valence electrons. The smallest absolute Gasteiger partial charge is 0.306 e. The second-order valence-corrected chi connectivity index (χ2v) is 6.11. The summed E-state index contributed by atoms with van der Waals surface area (Å²) in [4.78, 5) is 22.3. The number of rotatable bonds is 7. The van der Waals surface area contributed by atoms with E-state index in [4.69, 9.17) is 5.11 Å². The molecule has 2 saturated carbocycles. The van der Waals surface area contributed by atoms with Gasteiger partial charge in [-0.1, -0.05) is 0 Å². The van der Waals surface area contributed by atoms with Gasteiger partial charge in [-0.25, -0.2) is 0 Å². The predicted molar refractivity (Wildman–Crippen MR) is 73.2 cm³/mol. The van der Waals surface area contributed by atoms with E-state index in [1.54, 1.807) is 0 Å². The van der Waals surface area contributed by atoms with Crippen LogP contribution in [0.4, 0.5) is 0 Å². The SMILES string of the molecule is O=C(CCNCC1(O)CCC(C(=O)O)CC1)NC1CC1. The molecule has 2 fully saturated rings. The number of aliphatic hydroxyl groups is 1. The van der Waals surface area contributed by atoms with Gasteiger partial charge < -0.3 is 20.8 Å². The molecule has 0 aliphatic heterocycles. The first-order chi connectivity index (χ1) is 9.48. The molecule has 0 unspecified atom stereocenters. The largest absolute Gasteiger partial charge is 0.481 e. The molecule has 0 aromatic rings. The van der Waals surface area contributed by atoms with Crippen molar-refractivity contribution in [3.05, 3.63) is 0 Å². The van der Waals surface area contributed by atoms with Crippen molar-refractivity contribution in [3.8, 4) is 0 Å². The van der Waals surface area contributed by atoms with Crippen molar-refractivity contribution in [2.45, 2.75) is 56.6 Å². The minimum Gasteiger partial charge on any atom is -0.481 e. The molecule has 0 radical (unpaired) electrons. The number of hydrogen-bond acceptors (Lipinski definition) is 4. The Morgan fingerprint density at radius 3 is 2.35 bits per heavy atom. The average Bonchev–Trinajstić information content (AvgIpc) is 3.19. The third kappa shape index (κ3) is 4.76. The van der Waals surface area contributed by atoms with E-state index in [0.29, 0.717) is 51.2 Å². The number of hydrogen-bond donors (Lipinski definition) is 4. The molecule has 2 rings (SSSR count). The van der Waals surface area contributed by atoms with E-state index in [1.165, 1.54) is 0 Å². The molecule has 6 nitrogen and oxygen atoms in total. The lowest BCUT2D eigenvalue weighted by Crippen LogP contribution is -2.45. The maximum Gasteiger partial charge on any atom is 0.306 e. The Balaban J connectivity index is 1.58. The zero-order valence-electron chi connectivity index (χ0n) is 11.7.